The Bertz CT molecular complexity index is 227. The van der Waals surface area contributed by atoms with Crippen molar-refractivity contribution in [2.24, 2.45) is 0 Å². The molecule has 0 aromatic carbocycles. The smallest absolute Gasteiger partial charge is 0.333 e. The van der Waals surface area contributed by atoms with E-state index in [1.807, 2.05) is 0 Å². The van der Waals surface area contributed by atoms with Crippen molar-refractivity contribution in [3.63, 3.8) is 0 Å². The van der Waals surface area contributed by atoms with Gasteiger partial charge >= 0.3 is 20.2 Å². The predicted molar refractivity (Wildman–Crippen MR) is 45.4 cm³/mol. The molecule has 0 radical (unpaired) electrons. The third-order valence-electron chi connectivity index (χ3n) is 1.24. The second-order valence-corrected chi connectivity index (χ2v) is 3.42. The molecule has 0 heterocycles. The summed E-state index contributed by atoms with van der Waals surface area (Å²) in [5.74, 6) is -2.59. The summed E-state index contributed by atoms with van der Waals surface area (Å²) in [7, 11) is -3.09. The van der Waals surface area contributed by atoms with Crippen LogP contribution >= 0.6 is 8.25 Å². The summed E-state index contributed by atoms with van der Waals surface area (Å²) >= 11 is 0. The molecule has 7 nitrogen and oxygen atoms in total. The van der Waals surface area contributed by atoms with Gasteiger partial charge in [-0.1, -0.05) is 0 Å². The molecule has 0 aromatic heterocycles. The minimum absolute atomic E-state index is 1.17. The number of carboxylic acids is 2. The molecule has 8 heteroatoms. The third-order valence-corrected chi connectivity index (χ3v) is 2.33. The fourth-order valence-corrected chi connectivity index (χ4v) is 1.25. The van der Waals surface area contributed by atoms with Gasteiger partial charge in [-0.15, -0.1) is 0 Å². The van der Waals surface area contributed by atoms with E-state index >= 15 is 0 Å². The predicted octanol–water partition coefficient (Wildman–Crippen LogP) is 0.356. The summed E-state index contributed by atoms with van der Waals surface area (Å²) < 4.78 is 19.7. The average molecular weight is 226 g/mol. The largest absolute Gasteiger partial charge is 0.479 e. The third kappa shape index (κ3) is 4.96. The van der Waals surface area contributed by atoms with Gasteiger partial charge in [-0.25, -0.2) is 9.59 Å². The molecule has 0 bridgehead atoms. The van der Waals surface area contributed by atoms with Crippen LogP contribution in [0, 0.1) is 0 Å². The molecule has 0 saturated carbocycles. The first kappa shape index (κ1) is 13.1. The zero-order valence-electron chi connectivity index (χ0n) is 7.59. The highest BCUT2D eigenvalue weighted by molar-refractivity contribution is 7.33. The maximum atomic E-state index is 10.9. The van der Waals surface area contributed by atoms with E-state index in [0.717, 1.165) is 0 Å². The first-order chi connectivity index (χ1) is 6.34. The molecule has 0 aliphatic rings. The van der Waals surface area contributed by atoms with E-state index in [1.165, 1.54) is 13.8 Å². The van der Waals surface area contributed by atoms with E-state index in [9.17, 15) is 14.2 Å². The van der Waals surface area contributed by atoms with Crippen LogP contribution in [0.5, 0.6) is 0 Å². The van der Waals surface area contributed by atoms with E-state index in [4.69, 9.17) is 10.2 Å². The molecule has 2 unspecified atom stereocenters. The van der Waals surface area contributed by atoms with Gasteiger partial charge in [0.1, 0.15) is 0 Å². The molecule has 2 atom stereocenters. The Morgan fingerprint density at radius 3 is 1.57 bits per heavy atom. The van der Waals surface area contributed by atoms with Crippen LogP contribution in [0.1, 0.15) is 13.8 Å². The van der Waals surface area contributed by atoms with Gasteiger partial charge in [0, 0.05) is 0 Å². The van der Waals surface area contributed by atoms with Crippen LogP contribution in [-0.2, 0) is 23.2 Å². The molecule has 0 fully saturated rings. The Balaban J connectivity index is 3.99. The Morgan fingerprint density at radius 2 is 1.36 bits per heavy atom. The van der Waals surface area contributed by atoms with Gasteiger partial charge in [0.2, 0.25) is 0 Å². The lowest BCUT2D eigenvalue weighted by atomic mass is 10.4. The molecule has 0 aliphatic heterocycles. The summed E-state index contributed by atoms with van der Waals surface area (Å²) in [4.78, 5) is 20.5. The lowest BCUT2D eigenvalue weighted by molar-refractivity contribution is -0.145. The Labute approximate surface area is 80.6 Å². The van der Waals surface area contributed by atoms with Gasteiger partial charge in [-0.05, 0) is 13.8 Å². The lowest BCUT2D eigenvalue weighted by Gasteiger charge is -2.10. The highest BCUT2D eigenvalue weighted by Gasteiger charge is 2.19. The quantitative estimate of drug-likeness (QED) is 0.629. The van der Waals surface area contributed by atoms with Gasteiger partial charge in [0.25, 0.3) is 0 Å². The van der Waals surface area contributed by atoms with Crippen LogP contribution in [-0.4, -0.2) is 34.4 Å². The van der Waals surface area contributed by atoms with E-state index < -0.39 is 32.4 Å². The highest BCUT2D eigenvalue weighted by Crippen LogP contribution is 2.28. The Hall–Kier alpha value is -0.910. The van der Waals surface area contributed by atoms with Gasteiger partial charge in [0.05, 0.1) is 0 Å². The topological polar surface area (TPSA) is 110 Å². The molecule has 0 spiro atoms. The number of aliphatic carboxylic acids is 2. The van der Waals surface area contributed by atoms with Crippen molar-refractivity contribution >= 4 is 20.2 Å². The van der Waals surface area contributed by atoms with Crippen LogP contribution in [0.25, 0.3) is 0 Å². The zero-order valence-corrected chi connectivity index (χ0v) is 8.59. The van der Waals surface area contributed by atoms with Crippen LogP contribution in [0.3, 0.4) is 0 Å². The standard InChI is InChI=1S/C6H11O7P/c1-3(5(7)8)12-14(11)13-4(2)6(9)10/h3-4,14H,1-2H3,(H,7,8)(H,9,10). The van der Waals surface area contributed by atoms with Crippen molar-refractivity contribution in [1.82, 2.24) is 0 Å². The molecule has 14 heavy (non-hydrogen) atoms. The monoisotopic (exact) mass is 226 g/mol. The molecular weight excluding hydrogens is 215 g/mol. The summed E-state index contributed by atoms with van der Waals surface area (Å²) in [6.07, 6.45) is -2.58. The molecule has 0 amide bonds. The minimum atomic E-state index is -3.09. The SMILES string of the molecule is CC(O[PH](=O)OC(C)C(=O)O)C(=O)O. The molecule has 0 rings (SSSR count). The maximum Gasteiger partial charge on any atom is 0.333 e. The second-order valence-electron chi connectivity index (χ2n) is 2.45. The highest BCUT2D eigenvalue weighted by atomic mass is 31.1. The average Bonchev–Trinajstić information content (AvgIpc) is 2.03. The summed E-state index contributed by atoms with van der Waals surface area (Å²) in [5.41, 5.74) is 0. The van der Waals surface area contributed by atoms with Crippen molar-refractivity contribution in [2.45, 2.75) is 26.1 Å². The lowest BCUT2D eigenvalue weighted by Crippen LogP contribution is -2.20. The van der Waals surface area contributed by atoms with Gasteiger partial charge in [-0.3, -0.25) is 13.6 Å². The van der Waals surface area contributed by atoms with Crippen molar-refractivity contribution in [3.8, 4) is 0 Å². The van der Waals surface area contributed by atoms with Crippen molar-refractivity contribution in [2.75, 3.05) is 0 Å². The number of rotatable bonds is 6. The van der Waals surface area contributed by atoms with Crippen molar-refractivity contribution in [1.29, 1.82) is 0 Å². The van der Waals surface area contributed by atoms with E-state index in [1.54, 1.807) is 0 Å². The van der Waals surface area contributed by atoms with Crippen molar-refractivity contribution < 1.29 is 33.4 Å². The van der Waals surface area contributed by atoms with Crippen LogP contribution in [0.15, 0.2) is 0 Å². The van der Waals surface area contributed by atoms with Gasteiger partial charge in [0.15, 0.2) is 12.2 Å². The zero-order chi connectivity index (χ0) is 11.3. The van der Waals surface area contributed by atoms with Crippen LogP contribution in [0.4, 0.5) is 0 Å². The van der Waals surface area contributed by atoms with Gasteiger partial charge in [-0.2, -0.15) is 0 Å². The second kappa shape index (κ2) is 5.74. The molecule has 82 valence electrons. The number of hydrogen-bond acceptors (Lipinski definition) is 5. The molecule has 0 aromatic rings. The van der Waals surface area contributed by atoms with E-state index in [0.29, 0.717) is 0 Å². The summed E-state index contributed by atoms with van der Waals surface area (Å²) in [6.45, 7) is 2.33. The van der Waals surface area contributed by atoms with Crippen LogP contribution in [0.2, 0.25) is 0 Å². The first-order valence-corrected chi connectivity index (χ1v) is 4.90. The molecule has 0 saturated heterocycles. The summed E-state index contributed by atoms with van der Waals surface area (Å²) in [6, 6.07) is 0. The van der Waals surface area contributed by atoms with E-state index in [-0.39, 0.29) is 0 Å². The minimum Gasteiger partial charge on any atom is -0.479 e. The number of hydrogen-bond donors (Lipinski definition) is 2. The fraction of sp³-hybridized carbons (Fsp3) is 0.667. The van der Waals surface area contributed by atoms with Gasteiger partial charge < -0.3 is 10.2 Å². The Morgan fingerprint density at radius 1 is 1.07 bits per heavy atom. The first-order valence-electron chi connectivity index (χ1n) is 3.67. The maximum absolute atomic E-state index is 10.9. The Kier molecular flexibility index (Phi) is 5.37. The molecule has 0 aliphatic carbocycles. The molecular formula is C6H11O7P. The number of carboxylic acid groups (broad SMARTS) is 2. The van der Waals surface area contributed by atoms with E-state index in [2.05, 4.69) is 9.05 Å². The van der Waals surface area contributed by atoms with Crippen LogP contribution < -0.4 is 0 Å². The summed E-state index contributed by atoms with van der Waals surface area (Å²) in [5, 5.41) is 16.7. The van der Waals surface area contributed by atoms with Crippen molar-refractivity contribution in [3.05, 3.63) is 0 Å². The normalized spacial score (nSPS) is 17.0. The fourth-order valence-electron chi connectivity index (χ4n) is 0.417. The molecule has 2 N–H and O–H groups in total. The number of carbonyl (C=O) groups is 2.